The molecule has 1 amide bonds. The Labute approximate surface area is 170 Å². The second-order valence-electron chi connectivity index (χ2n) is 5.97. The normalized spacial score (nSPS) is 11.2. The highest BCUT2D eigenvalue weighted by molar-refractivity contribution is 7.79. The molecule has 6 nitrogen and oxygen atoms in total. The molecular formula is C22H16NO5S-. The van der Waals surface area contributed by atoms with Gasteiger partial charge in [-0.1, -0.05) is 54.5 Å². The number of amides is 1. The molecule has 1 unspecified atom stereocenters. The van der Waals surface area contributed by atoms with Gasteiger partial charge in [-0.2, -0.15) is 0 Å². The third-order valence-corrected chi connectivity index (χ3v) is 4.74. The summed E-state index contributed by atoms with van der Waals surface area (Å²) in [6.07, 6.45) is 0. The Morgan fingerprint density at radius 2 is 1.83 bits per heavy atom. The fourth-order valence-corrected chi connectivity index (χ4v) is 3.20. The molecule has 1 N–H and O–H groups in total. The first-order chi connectivity index (χ1) is 14.0. The highest BCUT2D eigenvalue weighted by Crippen LogP contribution is 2.22. The van der Waals surface area contributed by atoms with Gasteiger partial charge < -0.3 is 14.6 Å². The number of hydrogen-bond donors (Lipinski definition) is 1. The molecule has 3 aromatic carbocycles. The molecule has 0 aromatic heterocycles. The van der Waals surface area contributed by atoms with Gasteiger partial charge in [-0.25, -0.2) is 4.79 Å². The van der Waals surface area contributed by atoms with Crippen LogP contribution in [0.15, 0.2) is 71.6 Å². The van der Waals surface area contributed by atoms with Gasteiger partial charge in [-0.05, 0) is 45.6 Å². The maximum atomic E-state index is 12.2. The average Bonchev–Trinajstić information content (AvgIpc) is 2.75. The molecule has 29 heavy (non-hydrogen) atoms. The number of carbonyl (C=O) groups is 2. The number of rotatable bonds is 5. The van der Waals surface area contributed by atoms with E-state index in [9.17, 15) is 18.4 Å². The number of esters is 1. The highest BCUT2D eigenvalue weighted by atomic mass is 32.2. The molecule has 1 atom stereocenters. The summed E-state index contributed by atoms with van der Waals surface area (Å²) < 4.78 is 27.5. The van der Waals surface area contributed by atoms with Crippen LogP contribution in [0.3, 0.4) is 0 Å². The van der Waals surface area contributed by atoms with Crippen LogP contribution in [0, 0.1) is 11.8 Å². The van der Waals surface area contributed by atoms with Gasteiger partial charge in [0.15, 0.2) is 0 Å². The van der Waals surface area contributed by atoms with Crippen molar-refractivity contribution in [2.75, 3.05) is 6.54 Å². The van der Waals surface area contributed by atoms with Gasteiger partial charge in [-0.3, -0.25) is 9.00 Å². The highest BCUT2D eigenvalue weighted by Gasteiger charge is 2.07. The van der Waals surface area contributed by atoms with Crippen molar-refractivity contribution >= 4 is 33.7 Å². The van der Waals surface area contributed by atoms with Gasteiger partial charge in [0.25, 0.3) is 5.91 Å². The van der Waals surface area contributed by atoms with E-state index in [4.69, 9.17) is 4.74 Å². The zero-order valence-electron chi connectivity index (χ0n) is 15.2. The lowest BCUT2D eigenvalue weighted by molar-refractivity contribution is -0.137. The Bertz CT molecular complexity index is 1130. The van der Waals surface area contributed by atoms with Crippen molar-refractivity contribution in [3.8, 4) is 11.8 Å². The molecular weight excluding hydrogens is 390 g/mol. The minimum Gasteiger partial charge on any atom is -0.768 e. The summed E-state index contributed by atoms with van der Waals surface area (Å²) in [4.78, 5) is 24.0. The van der Waals surface area contributed by atoms with Crippen molar-refractivity contribution in [1.82, 2.24) is 5.32 Å². The van der Waals surface area contributed by atoms with Crippen LogP contribution in [0.4, 0.5) is 0 Å². The Balaban J connectivity index is 1.55. The minimum atomic E-state index is -2.36. The number of nitrogens with one attached hydrogen (secondary N) is 1. The van der Waals surface area contributed by atoms with E-state index in [1.54, 1.807) is 24.3 Å². The van der Waals surface area contributed by atoms with Crippen molar-refractivity contribution in [2.24, 2.45) is 0 Å². The third kappa shape index (κ3) is 5.51. The first-order valence-corrected chi connectivity index (χ1v) is 9.72. The van der Waals surface area contributed by atoms with Crippen LogP contribution in [0.25, 0.3) is 10.8 Å². The number of fused-ring (bicyclic) bond motifs is 1. The molecule has 0 radical (unpaired) electrons. The third-order valence-electron chi connectivity index (χ3n) is 4.02. The van der Waals surface area contributed by atoms with Gasteiger partial charge in [0.05, 0.1) is 6.54 Å². The molecule has 0 aliphatic heterocycles. The lowest BCUT2D eigenvalue weighted by atomic mass is 10.1. The first-order valence-electron chi connectivity index (χ1n) is 8.64. The maximum absolute atomic E-state index is 12.2. The number of carbonyl (C=O) groups excluding carboxylic acids is 2. The summed E-state index contributed by atoms with van der Waals surface area (Å²) >= 11 is -2.36. The van der Waals surface area contributed by atoms with E-state index in [-0.39, 0.29) is 24.0 Å². The Kier molecular flexibility index (Phi) is 6.74. The maximum Gasteiger partial charge on any atom is 0.384 e. The lowest BCUT2D eigenvalue weighted by Crippen LogP contribution is -2.23. The second-order valence-corrected chi connectivity index (χ2v) is 6.88. The van der Waals surface area contributed by atoms with Crippen LogP contribution in [-0.2, 0) is 27.2 Å². The second kappa shape index (κ2) is 9.64. The van der Waals surface area contributed by atoms with E-state index in [0.717, 1.165) is 5.56 Å². The predicted octanol–water partition coefficient (Wildman–Crippen LogP) is 2.55. The van der Waals surface area contributed by atoms with E-state index >= 15 is 0 Å². The Hall–Kier alpha value is -3.47. The van der Waals surface area contributed by atoms with Crippen molar-refractivity contribution < 1.29 is 23.1 Å². The largest absolute Gasteiger partial charge is 0.768 e. The Morgan fingerprint density at radius 3 is 2.59 bits per heavy atom. The van der Waals surface area contributed by atoms with Crippen molar-refractivity contribution in [3.05, 3.63) is 77.9 Å². The van der Waals surface area contributed by atoms with E-state index in [2.05, 4.69) is 17.2 Å². The van der Waals surface area contributed by atoms with Gasteiger partial charge in [0, 0.05) is 16.4 Å². The molecule has 0 fully saturated rings. The van der Waals surface area contributed by atoms with Crippen LogP contribution in [0.5, 0.6) is 0 Å². The number of hydrogen-bond acceptors (Lipinski definition) is 5. The van der Waals surface area contributed by atoms with E-state index < -0.39 is 17.0 Å². The molecule has 0 aliphatic carbocycles. The van der Waals surface area contributed by atoms with Crippen LogP contribution in [0.2, 0.25) is 0 Å². The van der Waals surface area contributed by atoms with Gasteiger partial charge in [-0.15, -0.1) is 0 Å². The summed E-state index contributed by atoms with van der Waals surface area (Å²) in [7, 11) is 0. The summed E-state index contributed by atoms with van der Waals surface area (Å²) in [6, 6.07) is 18.8. The number of ether oxygens (including phenoxy) is 1. The monoisotopic (exact) mass is 406 g/mol. The fraction of sp³-hybridized carbons (Fsp3) is 0.0909. The summed E-state index contributed by atoms with van der Waals surface area (Å²) in [5.41, 5.74) is 1.22. The molecule has 7 heteroatoms. The standard InChI is InChI=1S/C22H17NO5S/c24-21(28-15-16-6-2-1-3-7-16)10-5-13-23-22(25)18-11-12-19-17(14-18)8-4-9-20(19)29(26)27/h1-4,6-9,11-12,14H,13,15H2,(H,23,25)(H,26,27)/p-1. The quantitative estimate of drug-likeness (QED) is 0.304. The van der Waals surface area contributed by atoms with Crippen molar-refractivity contribution in [2.45, 2.75) is 11.5 Å². The van der Waals surface area contributed by atoms with Gasteiger partial charge in [0.1, 0.15) is 6.61 Å². The molecule has 3 aromatic rings. The van der Waals surface area contributed by atoms with Crippen LogP contribution >= 0.6 is 0 Å². The van der Waals surface area contributed by atoms with E-state index in [0.29, 0.717) is 16.3 Å². The first kappa shape index (κ1) is 20.3. The van der Waals surface area contributed by atoms with Crippen LogP contribution in [-0.4, -0.2) is 27.2 Å². The van der Waals surface area contributed by atoms with Crippen LogP contribution in [0.1, 0.15) is 15.9 Å². The van der Waals surface area contributed by atoms with Gasteiger partial charge in [0.2, 0.25) is 0 Å². The molecule has 0 bridgehead atoms. The van der Waals surface area contributed by atoms with E-state index in [1.807, 2.05) is 30.3 Å². The topological polar surface area (TPSA) is 95.5 Å². The minimum absolute atomic E-state index is 0.0259. The van der Waals surface area contributed by atoms with Gasteiger partial charge >= 0.3 is 5.97 Å². The summed E-state index contributed by atoms with van der Waals surface area (Å²) in [6.45, 7) is 0.107. The smallest absolute Gasteiger partial charge is 0.384 e. The van der Waals surface area contributed by atoms with Crippen molar-refractivity contribution in [3.63, 3.8) is 0 Å². The van der Waals surface area contributed by atoms with E-state index in [1.165, 1.54) is 12.1 Å². The molecule has 0 heterocycles. The molecule has 0 aliphatic rings. The molecule has 0 spiro atoms. The molecule has 0 saturated carbocycles. The Morgan fingerprint density at radius 1 is 1.03 bits per heavy atom. The summed E-state index contributed by atoms with van der Waals surface area (Å²) in [5, 5.41) is 3.76. The molecule has 3 rings (SSSR count). The van der Waals surface area contributed by atoms with Crippen molar-refractivity contribution in [1.29, 1.82) is 0 Å². The number of benzene rings is 3. The average molecular weight is 406 g/mol. The predicted molar refractivity (Wildman–Crippen MR) is 107 cm³/mol. The van der Waals surface area contributed by atoms with Crippen LogP contribution < -0.4 is 5.32 Å². The lowest BCUT2D eigenvalue weighted by Gasteiger charge is -2.10. The SMILES string of the molecule is O=C(C#CCNC(=O)c1ccc2c(S(=O)[O-])cccc2c1)OCc1ccccc1. The molecule has 0 saturated heterocycles. The zero-order valence-corrected chi connectivity index (χ0v) is 16.0. The fourth-order valence-electron chi connectivity index (χ4n) is 2.64. The summed E-state index contributed by atoms with van der Waals surface area (Å²) in [5.74, 6) is 3.80. The molecule has 146 valence electrons. The zero-order chi connectivity index (χ0) is 20.6.